The van der Waals surface area contributed by atoms with Gasteiger partial charge in [-0.05, 0) is 45.7 Å². The van der Waals surface area contributed by atoms with E-state index in [0.29, 0.717) is 5.56 Å². The van der Waals surface area contributed by atoms with Crippen LogP contribution in [0.5, 0.6) is 0 Å². The molecule has 1 heterocycles. The zero-order chi connectivity index (χ0) is 15.5. The third-order valence-corrected chi connectivity index (χ3v) is 3.64. The molecule has 0 aliphatic heterocycles. The van der Waals surface area contributed by atoms with E-state index in [1.54, 1.807) is 32.9 Å². The Hall–Kier alpha value is -1.71. The van der Waals surface area contributed by atoms with Crippen LogP contribution in [0.25, 0.3) is 0 Å². The number of hydrogen-bond acceptors (Lipinski definition) is 4. The number of rotatable bonds is 3. The zero-order valence-electron chi connectivity index (χ0n) is 13.0. The Labute approximate surface area is 125 Å². The molecule has 1 aromatic heterocycles. The van der Waals surface area contributed by atoms with E-state index in [1.165, 1.54) is 12.6 Å². The maximum absolute atomic E-state index is 12.6. The molecule has 0 atom stereocenters. The number of nitrogens with zero attached hydrogens (tertiary/aromatic N) is 1. The van der Waals surface area contributed by atoms with Gasteiger partial charge in [-0.25, -0.2) is 9.78 Å². The Morgan fingerprint density at radius 2 is 1.86 bits per heavy atom. The number of esters is 1. The fraction of sp³-hybridized carbons (Fsp3) is 0.588. The number of carbonyl (C=O) groups is 2. The summed E-state index contributed by atoms with van der Waals surface area (Å²) in [6.45, 7) is 5.41. The number of Topliss-reactive ketones (excluding diaryl/α,β-unsaturated/α-hetero) is 1. The lowest BCUT2D eigenvalue weighted by atomic mass is 9.83. The molecule has 1 aliphatic carbocycles. The van der Waals surface area contributed by atoms with Gasteiger partial charge in [-0.3, -0.25) is 4.79 Å². The summed E-state index contributed by atoms with van der Waals surface area (Å²) in [5, 5.41) is 0. The number of pyridine rings is 1. The standard InChI is InChI=1S/C17H23NO3/c1-17(2,3)21-16(20)14-13(10-7-11-18-14)15(19)12-8-5-4-6-9-12/h7,10-12H,4-6,8-9H2,1-3H3. The first kappa shape index (κ1) is 15.7. The summed E-state index contributed by atoms with van der Waals surface area (Å²) >= 11 is 0. The van der Waals surface area contributed by atoms with Gasteiger partial charge in [0.1, 0.15) is 5.60 Å². The maximum atomic E-state index is 12.6. The molecule has 1 saturated carbocycles. The van der Waals surface area contributed by atoms with Gasteiger partial charge in [-0.2, -0.15) is 0 Å². The minimum Gasteiger partial charge on any atom is -0.455 e. The topological polar surface area (TPSA) is 56.3 Å². The minimum atomic E-state index is -0.597. The van der Waals surface area contributed by atoms with Crippen molar-refractivity contribution in [2.24, 2.45) is 5.92 Å². The summed E-state index contributed by atoms with van der Waals surface area (Å²) in [4.78, 5) is 29.0. The van der Waals surface area contributed by atoms with Crippen molar-refractivity contribution in [1.82, 2.24) is 4.98 Å². The molecule has 114 valence electrons. The van der Waals surface area contributed by atoms with Crippen molar-refractivity contribution in [3.8, 4) is 0 Å². The molecule has 1 fully saturated rings. The molecular formula is C17H23NO3. The molecule has 0 N–H and O–H groups in total. The van der Waals surface area contributed by atoms with Crippen LogP contribution in [0.15, 0.2) is 18.3 Å². The Morgan fingerprint density at radius 3 is 2.48 bits per heavy atom. The van der Waals surface area contributed by atoms with Gasteiger partial charge in [-0.15, -0.1) is 0 Å². The van der Waals surface area contributed by atoms with E-state index in [-0.39, 0.29) is 17.4 Å². The van der Waals surface area contributed by atoms with E-state index in [9.17, 15) is 9.59 Å². The molecule has 1 aromatic rings. The molecule has 21 heavy (non-hydrogen) atoms. The molecule has 0 amide bonds. The monoisotopic (exact) mass is 289 g/mol. The molecule has 4 nitrogen and oxygen atoms in total. The predicted octanol–water partition coefficient (Wildman–Crippen LogP) is 3.80. The van der Waals surface area contributed by atoms with E-state index < -0.39 is 11.6 Å². The number of ketones is 1. The molecule has 4 heteroatoms. The van der Waals surface area contributed by atoms with Gasteiger partial charge in [0.25, 0.3) is 0 Å². The molecule has 0 saturated heterocycles. The van der Waals surface area contributed by atoms with Crippen LogP contribution in [-0.2, 0) is 4.74 Å². The van der Waals surface area contributed by atoms with E-state index in [1.807, 2.05) is 0 Å². The van der Waals surface area contributed by atoms with E-state index in [0.717, 1.165) is 25.7 Å². The Kier molecular flexibility index (Phi) is 4.76. The van der Waals surface area contributed by atoms with Crippen LogP contribution < -0.4 is 0 Å². The Morgan fingerprint density at radius 1 is 1.19 bits per heavy atom. The highest BCUT2D eigenvalue weighted by Gasteiger charge is 2.28. The van der Waals surface area contributed by atoms with Gasteiger partial charge in [0, 0.05) is 12.1 Å². The first-order chi connectivity index (χ1) is 9.88. The van der Waals surface area contributed by atoms with E-state index >= 15 is 0 Å². The summed E-state index contributed by atoms with van der Waals surface area (Å²) in [6, 6.07) is 3.38. The van der Waals surface area contributed by atoms with E-state index in [4.69, 9.17) is 4.74 Å². The second-order valence-corrected chi connectivity index (χ2v) is 6.60. The average Bonchev–Trinajstić information content (AvgIpc) is 2.45. The number of carbonyl (C=O) groups excluding carboxylic acids is 2. The van der Waals surface area contributed by atoms with Crippen LogP contribution in [0.1, 0.15) is 73.7 Å². The Bertz CT molecular complexity index is 525. The predicted molar refractivity (Wildman–Crippen MR) is 80.3 cm³/mol. The van der Waals surface area contributed by atoms with Crippen LogP contribution in [-0.4, -0.2) is 22.3 Å². The molecule has 0 radical (unpaired) electrons. The van der Waals surface area contributed by atoms with Crippen molar-refractivity contribution in [1.29, 1.82) is 0 Å². The second-order valence-electron chi connectivity index (χ2n) is 6.60. The lowest BCUT2D eigenvalue weighted by molar-refractivity contribution is 0.00606. The van der Waals surface area contributed by atoms with E-state index in [2.05, 4.69) is 4.98 Å². The first-order valence-electron chi connectivity index (χ1n) is 7.61. The third kappa shape index (κ3) is 4.13. The highest BCUT2D eigenvalue weighted by molar-refractivity contribution is 6.06. The summed E-state index contributed by atoms with van der Waals surface area (Å²) in [5.41, 5.74) is -0.0543. The van der Waals surface area contributed by atoms with Gasteiger partial charge in [0.05, 0.1) is 5.56 Å². The van der Waals surface area contributed by atoms with Crippen LogP contribution >= 0.6 is 0 Å². The fourth-order valence-electron chi connectivity index (χ4n) is 2.68. The largest absolute Gasteiger partial charge is 0.455 e. The van der Waals surface area contributed by atoms with Gasteiger partial charge in [0.2, 0.25) is 0 Å². The van der Waals surface area contributed by atoms with Crippen molar-refractivity contribution in [3.05, 3.63) is 29.6 Å². The quantitative estimate of drug-likeness (QED) is 0.627. The summed E-state index contributed by atoms with van der Waals surface area (Å²) in [5.74, 6) is -0.477. The number of ether oxygens (including phenoxy) is 1. The van der Waals surface area contributed by atoms with Gasteiger partial charge in [-0.1, -0.05) is 19.3 Å². The highest BCUT2D eigenvalue weighted by Crippen LogP contribution is 2.28. The minimum absolute atomic E-state index is 0.0177. The van der Waals surface area contributed by atoms with Crippen LogP contribution in [0.4, 0.5) is 0 Å². The normalized spacial score (nSPS) is 16.5. The molecule has 1 aliphatic rings. The molecule has 2 rings (SSSR count). The lowest BCUT2D eigenvalue weighted by Crippen LogP contribution is -2.27. The first-order valence-corrected chi connectivity index (χ1v) is 7.61. The molecule has 0 spiro atoms. The van der Waals surface area contributed by atoms with Crippen LogP contribution in [0.2, 0.25) is 0 Å². The summed E-state index contributed by atoms with van der Waals surface area (Å²) in [7, 11) is 0. The highest BCUT2D eigenvalue weighted by atomic mass is 16.6. The smallest absolute Gasteiger partial charge is 0.358 e. The van der Waals surface area contributed by atoms with Crippen molar-refractivity contribution in [3.63, 3.8) is 0 Å². The van der Waals surface area contributed by atoms with Crippen molar-refractivity contribution < 1.29 is 14.3 Å². The zero-order valence-corrected chi connectivity index (χ0v) is 13.0. The lowest BCUT2D eigenvalue weighted by Gasteiger charge is -2.22. The average molecular weight is 289 g/mol. The van der Waals surface area contributed by atoms with Crippen LogP contribution in [0.3, 0.4) is 0 Å². The van der Waals surface area contributed by atoms with Gasteiger partial charge < -0.3 is 4.74 Å². The second kappa shape index (κ2) is 6.37. The molecule has 0 aromatic carbocycles. The molecular weight excluding hydrogens is 266 g/mol. The fourth-order valence-corrected chi connectivity index (χ4v) is 2.68. The third-order valence-electron chi connectivity index (χ3n) is 3.64. The Balaban J connectivity index is 2.23. The number of hydrogen-bond donors (Lipinski definition) is 0. The van der Waals surface area contributed by atoms with Crippen molar-refractivity contribution in [2.45, 2.75) is 58.5 Å². The number of aromatic nitrogens is 1. The molecule has 0 bridgehead atoms. The van der Waals surface area contributed by atoms with Gasteiger partial charge >= 0.3 is 5.97 Å². The van der Waals surface area contributed by atoms with Crippen LogP contribution in [0, 0.1) is 5.92 Å². The summed E-state index contributed by atoms with van der Waals surface area (Å²) in [6.07, 6.45) is 6.69. The van der Waals surface area contributed by atoms with Crippen molar-refractivity contribution >= 4 is 11.8 Å². The van der Waals surface area contributed by atoms with Crippen molar-refractivity contribution in [2.75, 3.05) is 0 Å². The molecule has 0 unspecified atom stereocenters. The SMILES string of the molecule is CC(C)(C)OC(=O)c1ncccc1C(=O)C1CCCCC1. The van der Waals surface area contributed by atoms with Gasteiger partial charge in [0.15, 0.2) is 11.5 Å². The maximum Gasteiger partial charge on any atom is 0.358 e. The summed E-state index contributed by atoms with van der Waals surface area (Å²) < 4.78 is 5.35.